The third-order valence-electron chi connectivity index (χ3n) is 1.55. The van der Waals surface area contributed by atoms with Gasteiger partial charge in [-0.05, 0) is 45.0 Å². The molecule has 0 bridgehead atoms. The lowest BCUT2D eigenvalue weighted by molar-refractivity contribution is 0.00696. The lowest BCUT2D eigenvalue weighted by Gasteiger charge is -2.19. The van der Waals surface area contributed by atoms with Crippen LogP contribution in [0.5, 0.6) is 0 Å². The predicted molar refractivity (Wildman–Crippen MR) is 59.5 cm³/mol. The molecule has 1 rings (SSSR count). The standard InChI is InChI=1S/C11H15NO2.N2/c1-11(2,3)14-10(13)8-4-6-9(12)7-5-8;1-2/h4-7H,12H2,1-3H3;. The normalized spacial score (nSPS) is 9.81. The van der Waals surface area contributed by atoms with E-state index in [0.29, 0.717) is 11.3 Å². The fourth-order valence-electron chi connectivity index (χ4n) is 0.956. The smallest absolute Gasteiger partial charge is 0.338 e. The Kier molecular flexibility index (Phi) is 4.96. The van der Waals surface area contributed by atoms with E-state index < -0.39 is 5.60 Å². The predicted octanol–water partition coefficient (Wildman–Crippen LogP) is 2.25. The van der Waals surface area contributed by atoms with Gasteiger partial charge in [-0.3, -0.25) is 0 Å². The molecule has 5 nitrogen and oxygen atoms in total. The van der Waals surface area contributed by atoms with Crippen LogP contribution in [0.25, 0.3) is 0 Å². The number of nitrogens with two attached hydrogens (primary N) is 1. The van der Waals surface area contributed by atoms with Crippen LogP contribution in [0.4, 0.5) is 5.69 Å². The zero-order chi connectivity index (χ0) is 12.8. The topological polar surface area (TPSA) is 99.9 Å². The Morgan fingerprint density at radius 3 is 2.00 bits per heavy atom. The molecule has 0 aliphatic rings. The van der Waals surface area contributed by atoms with Crippen LogP contribution in [0, 0.1) is 10.8 Å². The second kappa shape index (κ2) is 5.71. The summed E-state index contributed by atoms with van der Waals surface area (Å²) in [5.74, 6) is -0.322. The molecule has 2 N–H and O–H groups in total. The zero-order valence-electron chi connectivity index (χ0n) is 9.60. The van der Waals surface area contributed by atoms with E-state index in [1.165, 1.54) is 0 Å². The molecule has 0 amide bonds. The molecular formula is C11H15N3O2. The fourth-order valence-corrected chi connectivity index (χ4v) is 0.956. The molecule has 0 spiro atoms. The number of carbonyl (C=O) groups is 1. The molecule has 0 aliphatic heterocycles. The van der Waals surface area contributed by atoms with Crippen molar-refractivity contribution in [3.63, 3.8) is 0 Å². The Bertz CT molecular complexity index is 363. The highest BCUT2D eigenvalue weighted by Crippen LogP contribution is 2.13. The van der Waals surface area contributed by atoms with E-state index in [1.54, 1.807) is 24.3 Å². The summed E-state index contributed by atoms with van der Waals surface area (Å²) in [6.07, 6.45) is 0. The fraction of sp³-hybridized carbons (Fsp3) is 0.364. The molecule has 0 aliphatic carbocycles. The van der Waals surface area contributed by atoms with Crippen LogP contribution in [0.3, 0.4) is 0 Å². The van der Waals surface area contributed by atoms with Crippen LogP contribution in [-0.2, 0) is 4.74 Å². The Hall–Kier alpha value is -2.09. The Labute approximate surface area is 94.6 Å². The van der Waals surface area contributed by atoms with Gasteiger partial charge in [0.15, 0.2) is 0 Å². The van der Waals surface area contributed by atoms with Crippen LogP contribution < -0.4 is 5.73 Å². The molecule has 0 radical (unpaired) electrons. The van der Waals surface area contributed by atoms with Gasteiger partial charge < -0.3 is 10.5 Å². The molecule has 0 unspecified atom stereocenters. The summed E-state index contributed by atoms with van der Waals surface area (Å²) in [6.45, 7) is 5.51. The maximum absolute atomic E-state index is 11.5. The van der Waals surface area contributed by atoms with E-state index >= 15 is 0 Å². The first-order chi connectivity index (χ1) is 7.38. The van der Waals surface area contributed by atoms with Crippen LogP contribution in [0.15, 0.2) is 24.3 Å². The first-order valence-corrected chi connectivity index (χ1v) is 4.67. The molecular weight excluding hydrogens is 206 g/mol. The largest absolute Gasteiger partial charge is 0.456 e. The molecule has 0 atom stereocenters. The van der Waals surface area contributed by atoms with Crippen LogP contribution in [-0.4, -0.2) is 11.6 Å². The molecule has 5 heteroatoms. The van der Waals surface area contributed by atoms with Crippen molar-refractivity contribution in [1.29, 1.82) is 10.8 Å². The average molecular weight is 221 g/mol. The Morgan fingerprint density at radius 2 is 1.62 bits per heavy atom. The van der Waals surface area contributed by atoms with Gasteiger partial charge in [-0.2, -0.15) is 0 Å². The Balaban J connectivity index is 0.00000106. The molecule has 0 aromatic heterocycles. The number of hydrogen-bond acceptors (Lipinski definition) is 5. The summed E-state index contributed by atoms with van der Waals surface area (Å²) < 4.78 is 5.18. The van der Waals surface area contributed by atoms with Crippen LogP contribution in [0.1, 0.15) is 31.1 Å². The van der Waals surface area contributed by atoms with Gasteiger partial charge in [0, 0.05) is 16.5 Å². The first-order valence-electron chi connectivity index (χ1n) is 4.67. The van der Waals surface area contributed by atoms with Gasteiger partial charge in [-0.15, -0.1) is 0 Å². The average Bonchev–Trinajstić information content (AvgIpc) is 2.19. The zero-order valence-corrected chi connectivity index (χ0v) is 9.60. The quantitative estimate of drug-likeness (QED) is 0.445. The van der Waals surface area contributed by atoms with E-state index in [9.17, 15) is 4.79 Å². The SMILES string of the molecule is CC(C)(C)OC(=O)c1ccc(N)cc1.N#N. The molecule has 1 aromatic rings. The van der Waals surface area contributed by atoms with Crippen molar-refractivity contribution in [2.75, 3.05) is 5.73 Å². The number of benzene rings is 1. The molecule has 16 heavy (non-hydrogen) atoms. The molecule has 0 heterocycles. The van der Waals surface area contributed by atoms with Crippen molar-refractivity contribution in [2.45, 2.75) is 26.4 Å². The number of hydrogen-bond donors (Lipinski definition) is 1. The second-order valence-corrected chi connectivity index (χ2v) is 4.12. The van der Waals surface area contributed by atoms with E-state index in [0.717, 1.165) is 0 Å². The maximum Gasteiger partial charge on any atom is 0.338 e. The highest BCUT2D eigenvalue weighted by atomic mass is 16.6. The number of rotatable bonds is 1. The summed E-state index contributed by atoms with van der Waals surface area (Å²) in [4.78, 5) is 11.5. The van der Waals surface area contributed by atoms with E-state index in [-0.39, 0.29) is 5.97 Å². The van der Waals surface area contributed by atoms with Crippen molar-refractivity contribution < 1.29 is 9.53 Å². The minimum absolute atomic E-state index is 0.322. The third-order valence-corrected chi connectivity index (χ3v) is 1.55. The van der Waals surface area contributed by atoms with Crippen molar-refractivity contribution in [1.82, 2.24) is 0 Å². The molecule has 1 aromatic carbocycles. The molecule has 86 valence electrons. The number of carbonyl (C=O) groups excluding carboxylic acids is 1. The van der Waals surface area contributed by atoms with Gasteiger partial charge in [-0.25, -0.2) is 4.79 Å². The third kappa shape index (κ3) is 4.96. The van der Waals surface area contributed by atoms with Gasteiger partial charge in [0.2, 0.25) is 0 Å². The van der Waals surface area contributed by atoms with Gasteiger partial charge in [0.1, 0.15) is 5.60 Å². The summed E-state index contributed by atoms with van der Waals surface area (Å²) in [7, 11) is 0. The monoisotopic (exact) mass is 221 g/mol. The van der Waals surface area contributed by atoms with Crippen LogP contribution >= 0.6 is 0 Å². The molecule has 0 saturated carbocycles. The van der Waals surface area contributed by atoms with Crippen molar-refractivity contribution >= 4 is 11.7 Å². The minimum Gasteiger partial charge on any atom is -0.456 e. The van der Waals surface area contributed by atoms with E-state index in [4.69, 9.17) is 21.3 Å². The lowest BCUT2D eigenvalue weighted by atomic mass is 10.1. The van der Waals surface area contributed by atoms with Crippen molar-refractivity contribution in [3.05, 3.63) is 29.8 Å². The first kappa shape index (κ1) is 13.9. The maximum atomic E-state index is 11.5. The highest BCUT2D eigenvalue weighted by molar-refractivity contribution is 5.90. The summed E-state index contributed by atoms with van der Waals surface area (Å²) in [6, 6.07) is 6.67. The number of nitrogens with zero attached hydrogens (tertiary/aromatic N) is 2. The molecule has 0 saturated heterocycles. The number of nitrogen functional groups attached to an aromatic ring is 1. The van der Waals surface area contributed by atoms with Gasteiger partial charge in [0.25, 0.3) is 0 Å². The lowest BCUT2D eigenvalue weighted by Crippen LogP contribution is -2.23. The van der Waals surface area contributed by atoms with Crippen LogP contribution in [0.2, 0.25) is 0 Å². The summed E-state index contributed by atoms with van der Waals surface area (Å²) in [5, 5.41) is 12.0. The van der Waals surface area contributed by atoms with Crippen molar-refractivity contribution in [3.8, 4) is 0 Å². The second-order valence-electron chi connectivity index (χ2n) is 4.12. The van der Waals surface area contributed by atoms with E-state index in [1.807, 2.05) is 20.8 Å². The summed E-state index contributed by atoms with van der Waals surface area (Å²) in [5.41, 5.74) is 6.20. The van der Waals surface area contributed by atoms with Gasteiger partial charge >= 0.3 is 5.97 Å². The number of ether oxygens (including phenoxy) is 1. The number of esters is 1. The highest BCUT2D eigenvalue weighted by Gasteiger charge is 2.17. The van der Waals surface area contributed by atoms with E-state index in [2.05, 4.69) is 0 Å². The summed E-state index contributed by atoms with van der Waals surface area (Å²) >= 11 is 0. The van der Waals surface area contributed by atoms with Gasteiger partial charge in [-0.1, -0.05) is 0 Å². The van der Waals surface area contributed by atoms with Gasteiger partial charge in [0.05, 0.1) is 5.56 Å². The molecule has 0 fully saturated rings. The number of anilines is 1. The Morgan fingerprint density at radius 1 is 1.19 bits per heavy atom. The minimum atomic E-state index is -0.460. The van der Waals surface area contributed by atoms with Crippen molar-refractivity contribution in [2.24, 2.45) is 0 Å².